The van der Waals surface area contributed by atoms with E-state index in [0.717, 1.165) is 29.9 Å². The molecule has 3 rings (SSSR count). The van der Waals surface area contributed by atoms with Gasteiger partial charge in [-0.15, -0.1) is 0 Å². The summed E-state index contributed by atoms with van der Waals surface area (Å²) >= 11 is 2.15. The molecule has 0 aromatic heterocycles. The Kier molecular flexibility index (Phi) is 4.36. The Bertz CT molecular complexity index is 363. The molecule has 2 saturated carbocycles. The maximum absolute atomic E-state index is 13.3. The molecule has 3 heteroatoms. The fourth-order valence-corrected chi connectivity index (χ4v) is 6.49. The standard InChI is InChI=1S/C18H30F2S/c1-12(2)15-9-17(10-15)11-21-16(17)8-13(3)14-4-6-18(19,20)7-5-14/h12-16H,4-11H2,1-3H3. The third-order valence-electron chi connectivity index (χ3n) is 6.69. The molecule has 1 aliphatic heterocycles. The molecule has 2 aliphatic carbocycles. The average molecular weight is 317 g/mol. The van der Waals surface area contributed by atoms with Crippen LogP contribution in [0.25, 0.3) is 0 Å². The second-order valence-electron chi connectivity index (χ2n) is 8.48. The zero-order valence-electron chi connectivity index (χ0n) is 13.7. The van der Waals surface area contributed by atoms with E-state index in [0.29, 0.717) is 17.3 Å². The molecule has 0 bridgehead atoms. The van der Waals surface area contributed by atoms with Gasteiger partial charge in [0.2, 0.25) is 5.92 Å². The predicted molar refractivity (Wildman–Crippen MR) is 86.9 cm³/mol. The third kappa shape index (κ3) is 3.14. The molecule has 0 aromatic rings. The van der Waals surface area contributed by atoms with Crippen LogP contribution in [0.3, 0.4) is 0 Å². The lowest BCUT2D eigenvalue weighted by molar-refractivity contribution is -0.0533. The van der Waals surface area contributed by atoms with E-state index < -0.39 is 5.92 Å². The normalized spacial score (nSPS) is 36.3. The second-order valence-corrected chi connectivity index (χ2v) is 9.67. The number of hydrogen-bond acceptors (Lipinski definition) is 1. The predicted octanol–water partition coefficient (Wildman–Crippen LogP) is 6.01. The molecule has 0 amide bonds. The summed E-state index contributed by atoms with van der Waals surface area (Å²) in [6.45, 7) is 7.02. The van der Waals surface area contributed by atoms with Crippen LogP contribution < -0.4 is 0 Å². The van der Waals surface area contributed by atoms with E-state index in [1.165, 1.54) is 25.0 Å². The van der Waals surface area contributed by atoms with E-state index in [-0.39, 0.29) is 12.8 Å². The van der Waals surface area contributed by atoms with Crippen LogP contribution in [0, 0.1) is 29.1 Å². The van der Waals surface area contributed by atoms with Gasteiger partial charge in [0.05, 0.1) is 0 Å². The van der Waals surface area contributed by atoms with Crippen molar-refractivity contribution in [2.45, 2.75) is 76.9 Å². The van der Waals surface area contributed by atoms with Crippen LogP contribution in [-0.2, 0) is 0 Å². The number of hydrogen-bond donors (Lipinski definition) is 0. The lowest BCUT2D eigenvalue weighted by Gasteiger charge is -2.61. The van der Waals surface area contributed by atoms with Crippen LogP contribution in [0.2, 0.25) is 0 Å². The van der Waals surface area contributed by atoms with Gasteiger partial charge in [0.25, 0.3) is 0 Å². The highest BCUT2D eigenvalue weighted by atomic mass is 32.2. The molecule has 1 spiro atoms. The molecular weight excluding hydrogens is 286 g/mol. The lowest BCUT2D eigenvalue weighted by Crippen LogP contribution is -2.55. The van der Waals surface area contributed by atoms with Gasteiger partial charge in [-0.25, -0.2) is 8.78 Å². The lowest BCUT2D eigenvalue weighted by atomic mass is 9.56. The zero-order valence-corrected chi connectivity index (χ0v) is 14.5. The molecule has 3 aliphatic rings. The van der Waals surface area contributed by atoms with Crippen molar-refractivity contribution in [1.82, 2.24) is 0 Å². The molecule has 1 heterocycles. The Morgan fingerprint density at radius 1 is 1.05 bits per heavy atom. The number of halogens is 2. The topological polar surface area (TPSA) is 0 Å². The van der Waals surface area contributed by atoms with Crippen LogP contribution >= 0.6 is 11.8 Å². The molecule has 0 N–H and O–H groups in total. The first-order valence-corrected chi connectivity index (χ1v) is 9.86. The zero-order chi connectivity index (χ0) is 15.3. The van der Waals surface area contributed by atoms with Gasteiger partial charge in [0.15, 0.2) is 0 Å². The van der Waals surface area contributed by atoms with Crippen molar-refractivity contribution in [1.29, 1.82) is 0 Å². The summed E-state index contributed by atoms with van der Waals surface area (Å²) in [5.41, 5.74) is 0.645. The van der Waals surface area contributed by atoms with Crippen molar-refractivity contribution < 1.29 is 8.78 Å². The van der Waals surface area contributed by atoms with Gasteiger partial charge < -0.3 is 0 Å². The Labute approximate surface area is 132 Å². The molecule has 2 atom stereocenters. The first-order valence-electron chi connectivity index (χ1n) is 8.81. The third-order valence-corrected chi connectivity index (χ3v) is 8.52. The average Bonchev–Trinajstić information content (AvgIpc) is 2.32. The Hall–Kier alpha value is 0.210. The first kappa shape index (κ1) is 16.1. The second kappa shape index (κ2) is 5.69. The van der Waals surface area contributed by atoms with Gasteiger partial charge >= 0.3 is 0 Å². The number of rotatable bonds is 4. The minimum atomic E-state index is -2.37. The van der Waals surface area contributed by atoms with E-state index in [1.807, 2.05) is 0 Å². The molecule has 0 radical (unpaired) electrons. The molecule has 2 unspecified atom stereocenters. The van der Waals surface area contributed by atoms with Crippen LogP contribution in [0.4, 0.5) is 8.78 Å². The molecule has 122 valence electrons. The summed E-state index contributed by atoms with van der Waals surface area (Å²) < 4.78 is 26.6. The maximum atomic E-state index is 13.3. The Balaban J connectivity index is 1.47. The monoisotopic (exact) mass is 316 g/mol. The van der Waals surface area contributed by atoms with Crippen LogP contribution in [-0.4, -0.2) is 16.9 Å². The highest BCUT2D eigenvalue weighted by Crippen LogP contribution is 2.64. The molecule has 1 saturated heterocycles. The fourth-order valence-electron chi connectivity index (χ4n) is 4.75. The quantitative estimate of drug-likeness (QED) is 0.612. The van der Waals surface area contributed by atoms with Gasteiger partial charge in [-0.2, -0.15) is 11.8 Å². The van der Waals surface area contributed by atoms with Crippen molar-refractivity contribution in [3.8, 4) is 0 Å². The van der Waals surface area contributed by atoms with Gasteiger partial charge in [-0.3, -0.25) is 0 Å². The minimum Gasteiger partial charge on any atom is -0.207 e. The van der Waals surface area contributed by atoms with Crippen molar-refractivity contribution in [3.63, 3.8) is 0 Å². The number of alkyl halides is 2. The Morgan fingerprint density at radius 3 is 2.14 bits per heavy atom. The van der Waals surface area contributed by atoms with Crippen molar-refractivity contribution in [2.75, 3.05) is 5.75 Å². The summed E-state index contributed by atoms with van der Waals surface area (Å²) in [5, 5.41) is 0.824. The van der Waals surface area contributed by atoms with Crippen LogP contribution in [0.15, 0.2) is 0 Å². The molecule has 0 nitrogen and oxygen atoms in total. The fraction of sp³-hybridized carbons (Fsp3) is 1.00. The summed E-state index contributed by atoms with van der Waals surface area (Å²) in [4.78, 5) is 0. The van der Waals surface area contributed by atoms with Gasteiger partial charge in [-0.1, -0.05) is 20.8 Å². The smallest absolute Gasteiger partial charge is 0.207 e. The molecular formula is C18H30F2S. The number of thioether (sulfide) groups is 1. The van der Waals surface area contributed by atoms with Crippen molar-refractivity contribution in [3.05, 3.63) is 0 Å². The first-order chi connectivity index (χ1) is 9.81. The van der Waals surface area contributed by atoms with E-state index >= 15 is 0 Å². The van der Waals surface area contributed by atoms with E-state index in [2.05, 4.69) is 32.5 Å². The molecule has 0 aromatic carbocycles. The van der Waals surface area contributed by atoms with Gasteiger partial charge in [-0.05, 0) is 61.2 Å². The Morgan fingerprint density at radius 2 is 1.67 bits per heavy atom. The largest absolute Gasteiger partial charge is 0.248 e. The summed E-state index contributed by atoms with van der Waals surface area (Å²) in [6, 6.07) is 0. The van der Waals surface area contributed by atoms with Gasteiger partial charge in [0.1, 0.15) is 0 Å². The maximum Gasteiger partial charge on any atom is 0.248 e. The van der Waals surface area contributed by atoms with E-state index in [9.17, 15) is 8.78 Å². The summed E-state index contributed by atoms with van der Waals surface area (Å²) in [5.74, 6) is 1.94. The van der Waals surface area contributed by atoms with Crippen LogP contribution in [0.1, 0.15) is 65.7 Å². The summed E-state index contributed by atoms with van der Waals surface area (Å²) in [7, 11) is 0. The highest BCUT2D eigenvalue weighted by molar-refractivity contribution is 8.01. The summed E-state index contributed by atoms with van der Waals surface area (Å²) in [6.07, 6.45) is 5.86. The van der Waals surface area contributed by atoms with Gasteiger partial charge in [0, 0.05) is 23.8 Å². The molecule has 21 heavy (non-hydrogen) atoms. The van der Waals surface area contributed by atoms with E-state index in [4.69, 9.17) is 0 Å². The SMILES string of the molecule is CC(C)C1CC2(CSC2CC(C)C2CCC(F)(F)CC2)C1. The van der Waals surface area contributed by atoms with Crippen molar-refractivity contribution >= 4 is 11.8 Å². The van der Waals surface area contributed by atoms with Crippen molar-refractivity contribution in [2.24, 2.45) is 29.1 Å². The minimum absolute atomic E-state index is 0.125. The molecule has 3 fully saturated rings. The van der Waals surface area contributed by atoms with Crippen LogP contribution in [0.5, 0.6) is 0 Å². The highest BCUT2D eigenvalue weighted by Gasteiger charge is 2.56. The van der Waals surface area contributed by atoms with E-state index in [1.54, 1.807) is 0 Å².